The number of hydrogen-bond donors (Lipinski definition) is 1. The monoisotopic (exact) mass is 275 g/mol. The van der Waals surface area contributed by atoms with E-state index in [0.29, 0.717) is 6.04 Å². The molecular formula is C17H29N3. The van der Waals surface area contributed by atoms with E-state index in [-0.39, 0.29) is 0 Å². The molecule has 0 spiro atoms. The van der Waals surface area contributed by atoms with Crippen LogP contribution in [-0.2, 0) is 0 Å². The summed E-state index contributed by atoms with van der Waals surface area (Å²) in [5.41, 5.74) is 1.33. The normalized spacial score (nSPS) is 17.9. The third-order valence-corrected chi connectivity index (χ3v) is 4.43. The number of anilines is 1. The lowest BCUT2D eigenvalue weighted by atomic mass is 9.89. The van der Waals surface area contributed by atoms with Gasteiger partial charge in [0.25, 0.3) is 0 Å². The fourth-order valence-electron chi connectivity index (χ4n) is 3.19. The van der Waals surface area contributed by atoms with Gasteiger partial charge < -0.3 is 10.2 Å². The number of rotatable bonds is 6. The molecule has 0 aromatic carbocycles. The van der Waals surface area contributed by atoms with Crippen molar-refractivity contribution in [1.82, 2.24) is 10.3 Å². The minimum atomic E-state index is 0.393. The van der Waals surface area contributed by atoms with E-state index in [1.54, 1.807) is 0 Å². The summed E-state index contributed by atoms with van der Waals surface area (Å²) in [5, 5.41) is 3.46. The van der Waals surface area contributed by atoms with Gasteiger partial charge in [0.05, 0.1) is 0 Å². The van der Waals surface area contributed by atoms with Crippen molar-refractivity contribution in [3.8, 4) is 0 Å². The Morgan fingerprint density at radius 2 is 2.10 bits per heavy atom. The lowest BCUT2D eigenvalue weighted by molar-refractivity contribution is 0.361. The number of aromatic nitrogens is 1. The van der Waals surface area contributed by atoms with E-state index in [0.717, 1.165) is 24.8 Å². The summed E-state index contributed by atoms with van der Waals surface area (Å²) >= 11 is 0. The Balaban J connectivity index is 1.98. The molecule has 1 aromatic rings. The fourth-order valence-corrected chi connectivity index (χ4v) is 3.19. The smallest absolute Gasteiger partial charge is 0.128 e. The molecule has 1 aliphatic rings. The molecule has 1 fully saturated rings. The molecule has 20 heavy (non-hydrogen) atoms. The fraction of sp³-hybridized carbons (Fsp3) is 0.706. The van der Waals surface area contributed by atoms with Crippen molar-refractivity contribution in [2.45, 2.75) is 52.0 Å². The van der Waals surface area contributed by atoms with Crippen molar-refractivity contribution < 1.29 is 0 Å². The number of pyridine rings is 1. The molecule has 3 heteroatoms. The van der Waals surface area contributed by atoms with E-state index >= 15 is 0 Å². The Kier molecular flexibility index (Phi) is 5.84. The Hall–Kier alpha value is -1.09. The van der Waals surface area contributed by atoms with Crippen LogP contribution in [0.2, 0.25) is 0 Å². The van der Waals surface area contributed by atoms with Gasteiger partial charge in [-0.3, -0.25) is 0 Å². The quantitative estimate of drug-likeness (QED) is 0.856. The van der Waals surface area contributed by atoms with Crippen LogP contribution in [0.15, 0.2) is 18.3 Å². The highest BCUT2D eigenvalue weighted by atomic mass is 15.2. The number of nitrogens with one attached hydrogen (secondary N) is 1. The first kappa shape index (κ1) is 15.3. The summed E-state index contributed by atoms with van der Waals surface area (Å²) in [5.74, 6) is 1.96. The van der Waals surface area contributed by atoms with E-state index in [1.807, 2.05) is 6.20 Å². The average molecular weight is 275 g/mol. The lowest BCUT2D eigenvalue weighted by Crippen LogP contribution is -2.27. The van der Waals surface area contributed by atoms with Gasteiger partial charge in [-0.15, -0.1) is 0 Å². The maximum absolute atomic E-state index is 4.55. The van der Waals surface area contributed by atoms with E-state index in [9.17, 15) is 0 Å². The second-order valence-corrected chi connectivity index (χ2v) is 6.11. The lowest BCUT2D eigenvalue weighted by Gasteiger charge is -2.28. The van der Waals surface area contributed by atoms with Gasteiger partial charge >= 0.3 is 0 Å². The number of hydrogen-bond acceptors (Lipinski definition) is 3. The summed E-state index contributed by atoms with van der Waals surface area (Å²) in [7, 11) is 2.18. The summed E-state index contributed by atoms with van der Waals surface area (Å²) in [6, 6.07) is 4.74. The predicted molar refractivity (Wildman–Crippen MR) is 86.2 cm³/mol. The van der Waals surface area contributed by atoms with Crippen LogP contribution in [0.1, 0.15) is 57.6 Å². The molecule has 0 amide bonds. The highest BCUT2D eigenvalue weighted by Gasteiger charge is 2.16. The van der Waals surface area contributed by atoms with Crippen molar-refractivity contribution in [2.24, 2.45) is 5.92 Å². The summed E-state index contributed by atoms with van der Waals surface area (Å²) in [6.07, 6.45) is 8.95. The minimum Gasteiger partial charge on any atom is -0.359 e. The van der Waals surface area contributed by atoms with Gasteiger partial charge in [0.1, 0.15) is 5.82 Å². The molecule has 2 rings (SSSR count). The van der Waals surface area contributed by atoms with E-state index in [4.69, 9.17) is 0 Å². The Bertz CT molecular complexity index is 399. The van der Waals surface area contributed by atoms with Crippen LogP contribution < -0.4 is 10.2 Å². The van der Waals surface area contributed by atoms with Crippen LogP contribution in [0.3, 0.4) is 0 Å². The molecule has 1 aromatic heterocycles. The molecule has 0 aliphatic heterocycles. The molecule has 0 saturated heterocycles. The van der Waals surface area contributed by atoms with E-state index in [1.165, 1.54) is 37.7 Å². The Morgan fingerprint density at radius 1 is 1.35 bits per heavy atom. The van der Waals surface area contributed by atoms with Crippen molar-refractivity contribution in [1.29, 1.82) is 0 Å². The zero-order chi connectivity index (χ0) is 14.4. The maximum atomic E-state index is 4.55. The number of nitrogens with zero attached hydrogens (tertiary/aromatic N) is 2. The minimum absolute atomic E-state index is 0.393. The molecule has 1 unspecified atom stereocenters. The SMILES string of the molecule is CCNC(C)c1ccnc(N(C)CC2CCCCC2)c1. The van der Waals surface area contributed by atoms with Crippen LogP contribution in [0, 0.1) is 5.92 Å². The largest absolute Gasteiger partial charge is 0.359 e. The zero-order valence-electron chi connectivity index (χ0n) is 13.2. The molecule has 3 nitrogen and oxygen atoms in total. The molecular weight excluding hydrogens is 246 g/mol. The van der Waals surface area contributed by atoms with Gasteiger partial charge in [-0.05, 0) is 49.9 Å². The van der Waals surface area contributed by atoms with Crippen LogP contribution in [-0.4, -0.2) is 25.1 Å². The second-order valence-electron chi connectivity index (χ2n) is 6.11. The molecule has 0 radical (unpaired) electrons. The van der Waals surface area contributed by atoms with Crippen LogP contribution in [0.4, 0.5) is 5.82 Å². The molecule has 1 aliphatic carbocycles. The van der Waals surface area contributed by atoms with Gasteiger partial charge in [-0.1, -0.05) is 26.2 Å². The van der Waals surface area contributed by atoms with Gasteiger partial charge in [-0.25, -0.2) is 4.98 Å². The molecule has 0 bridgehead atoms. The van der Waals surface area contributed by atoms with Crippen molar-refractivity contribution in [3.05, 3.63) is 23.9 Å². The summed E-state index contributed by atoms with van der Waals surface area (Å²) in [6.45, 7) is 6.50. The third-order valence-electron chi connectivity index (χ3n) is 4.43. The van der Waals surface area contributed by atoms with Crippen molar-refractivity contribution in [2.75, 3.05) is 25.0 Å². The first-order valence-corrected chi connectivity index (χ1v) is 8.11. The maximum Gasteiger partial charge on any atom is 0.128 e. The van der Waals surface area contributed by atoms with Gasteiger partial charge in [0.2, 0.25) is 0 Å². The summed E-state index contributed by atoms with van der Waals surface area (Å²) in [4.78, 5) is 6.88. The molecule has 112 valence electrons. The summed E-state index contributed by atoms with van der Waals surface area (Å²) < 4.78 is 0. The third kappa shape index (κ3) is 4.20. The molecule has 1 N–H and O–H groups in total. The van der Waals surface area contributed by atoms with Crippen LogP contribution >= 0.6 is 0 Å². The molecule has 1 heterocycles. The first-order valence-electron chi connectivity index (χ1n) is 8.11. The zero-order valence-corrected chi connectivity index (χ0v) is 13.2. The molecule has 1 atom stereocenters. The Morgan fingerprint density at radius 3 is 2.80 bits per heavy atom. The first-order chi connectivity index (χ1) is 9.70. The topological polar surface area (TPSA) is 28.2 Å². The predicted octanol–water partition coefficient (Wildman–Crippen LogP) is 3.77. The second kappa shape index (κ2) is 7.63. The van der Waals surface area contributed by atoms with E-state index in [2.05, 4.69) is 48.2 Å². The van der Waals surface area contributed by atoms with Crippen LogP contribution in [0.5, 0.6) is 0 Å². The van der Waals surface area contributed by atoms with Crippen molar-refractivity contribution in [3.63, 3.8) is 0 Å². The van der Waals surface area contributed by atoms with Gasteiger partial charge in [0, 0.05) is 25.8 Å². The highest BCUT2D eigenvalue weighted by molar-refractivity contribution is 5.41. The van der Waals surface area contributed by atoms with Gasteiger partial charge in [-0.2, -0.15) is 0 Å². The van der Waals surface area contributed by atoms with Gasteiger partial charge in [0.15, 0.2) is 0 Å². The van der Waals surface area contributed by atoms with Crippen molar-refractivity contribution >= 4 is 5.82 Å². The Labute approximate surface area is 123 Å². The van der Waals surface area contributed by atoms with E-state index < -0.39 is 0 Å². The molecule has 1 saturated carbocycles. The van der Waals surface area contributed by atoms with Crippen LogP contribution in [0.25, 0.3) is 0 Å². The highest BCUT2D eigenvalue weighted by Crippen LogP contribution is 2.26. The standard InChI is InChI=1S/C17H29N3/c1-4-18-14(2)16-10-11-19-17(12-16)20(3)13-15-8-6-5-7-9-15/h10-12,14-15,18H,4-9,13H2,1-3H3. The average Bonchev–Trinajstić information content (AvgIpc) is 2.48.